The first-order valence-corrected chi connectivity index (χ1v) is 11.7. The molecule has 1 aliphatic carbocycles. The van der Waals surface area contributed by atoms with Gasteiger partial charge in [-0.2, -0.15) is 0 Å². The van der Waals surface area contributed by atoms with Gasteiger partial charge in [-0.25, -0.2) is 0 Å². The lowest BCUT2D eigenvalue weighted by Crippen LogP contribution is -2.30. The molecule has 2 aromatic carbocycles. The van der Waals surface area contributed by atoms with Gasteiger partial charge in [-0.1, -0.05) is 77.9 Å². The van der Waals surface area contributed by atoms with Crippen LogP contribution in [0.4, 0.5) is 0 Å². The van der Waals surface area contributed by atoms with E-state index in [2.05, 4.69) is 77.9 Å². The van der Waals surface area contributed by atoms with Crippen LogP contribution in [0.15, 0.2) is 36.4 Å². The molecule has 2 nitrogen and oxygen atoms in total. The maximum atomic E-state index is 5.80. The van der Waals surface area contributed by atoms with E-state index in [1.807, 2.05) is 0 Å². The van der Waals surface area contributed by atoms with Crippen LogP contribution in [0.1, 0.15) is 83.1 Å². The highest BCUT2D eigenvalue weighted by Gasteiger charge is 2.50. The number of rotatable bonds is 6. The van der Waals surface area contributed by atoms with Gasteiger partial charge >= 0.3 is 0 Å². The van der Waals surface area contributed by atoms with Crippen LogP contribution in [-0.2, 0) is 25.7 Å². The van der Waals surface area contributed by atoms with Crippen molar-refractivity contribution in [3.05, 3.63) is 58.7 Å². The van der Waals surface area contributed by atoms with Gasteiger partial charge in [0.15, 0.2) is 0 Å². The highest BCUT2D eigenvalue weighted by molar-refractivity contribution is 5.82. The largest absolute Gasteiger partial charge is 0.373 e. The van der Waals surface area contributed by atoms with Crippen LogP contribution in [0.25, 0.3) is 11.1 Å². The van der Waals surface area contributed by atoms with Gasteiger partial charge < -0.3 is 9.47 Å². The molecule has 2 heteroatoms. The number of ether oxygens (including phenoxy) is 2. The molecule has 2 atom stereocenters. The first kappa shape index (κ1) is 20.3. The molecule has 2 aliphatic heterocycles. The molecule has 2 aromatic rings. The fourth-order valence-corrected chi connectivity index (χ4v) is 5.26. The zero-order valence-electron chi connectivity index (χ0n) is 19.5. The van der Waals surface area contributed by atoms with Crippen molar-refractivity contribution in [3.8, 4) is 11.1 Å². The molecule has 3 aliphatic rings. The van der Waals surface area contributed by atoms with E-state index in [0.29, 0.717) is 12.2 Å². The molecule has 0 radical (unpaired) electrons. The summed E-state index contributed by atoms with van der Waals surface area (Å²) < 4.78 is 11.6. The van der Waals surface area contributed by atoms with Gasteiger partial charge in [0, 0.05) is 5.41 Å². The number of hydrogen-bond acceptors (Lipinski definition) is 2. The van der Waals surface area contributed by atoms with E-state index in [4.69, 9.17) is 9.47 Å². The minimum atomic E-state index is -0.00586. The summed E-state index contributed by atoms with van der Waals surface area (Å²) in [7, 11) is 0. The van der Waals surface area contributed by atoms with Crippen molar-refractivity contribution in [2.45, 2.75) is 89.3 Å². The molecule has 30 heavy (non-hydrogen) atoms. The zero-order valence-corrected chi connectivity index (χ0v) is 19.5. The highest BCUT2D eigenvalue weighted by atomic mass is 16.6. The molecule has 2 fully saturated rings. The first-order chi connectivity index (χ1) is 14.1. The molecule has 2 heterocycles. The van der Waals surface area contributed by atoms with Crippen molar-refractivity contribution in [1.29, 1.82) is 0 Å². The van der Waals surface area contributed by atoms with Gasteiger partial charge in [-0.05, 0) is 63.5 Å². The normalized spacial score (nSPS) is 27.0. The molecular weight excluding hydrogens is 368 g/mol. The second-order valence-corrected chi connectivity index (χ2v) is 11.4. The van der Waals surface area contributed by atoms with Gasteiger partial charge in [0.1, 0.15) is 0 Å². The molecule has 0 amide bonds. The summed E-state index contributed by atoms with van der Waals surface area (Å²) in [6.07, 6.45) is 4.02. The smallest absolute Gasteiger partial charge is 0.0821 e. The van der Waals surface area contributed by atoms with Crippen LogP contribution in [0.3, 0.4) is 0 Å². The summed E-state index contributed by atoms with van der Waals surface area (Å²) in [5.41, 5.74) is 9.02. The average molecular weight is 405 g/mol. The maximum Gasteiger partial charge on any atom is 0.0821 e. The number of fused-ring (bicyclic) bond motifs is 3. The summed E-state index contributed by atoms with van der Waals surface area (Å²) >= 11 is 0. The van der Waals surface area contributed by atoms with Crippen molar-refractivity contribution in [2.75, 3.05) is 13.2 Å². The van der Waals surface area contributed by atoms with Crippen molar-refractivity contribution in [1.82, 2.24) is 0 Å². The second kappa shape index (κ2) is 6.68. The summed E-state index contributed by atoms with van der Waals surface area (Å²) in [6.45, 7) is 15.8. The lowest BCUT2D eigenvalue weighted by molar-refractivity contribution is 0.303. The lowest BCUT2D eigenvalue weighted by atomic mass is 9.69. The quantitative estimate of drug-likeness (QED) is 0.512. The van der Waals surface area contributed by atoms with E-state index in [0.717, 1.165) is 32.5 Å². The third-order valence-corrected chi connectivity index (χ3v) is 7.85. The van der Waals surface area contributed by atoms with Crippen LogP contribution < -0.4 is 0 Å². The molecule has 0 bridgehead atoms. The Morgan fingerprint density at radius 1 is 0.800 bits per heavy atom. The first-order valence-electron chi connectivity index (χ1n) is 11.7. The van der Waals surface area contributed by atoms with Gasteiger partial charge in [0.25, 0.3) is 0 Å². The molecule has 0 N–H and O–H groups in total. The van der Waals surface area contributed by atoms with Crippen LogP contribution >= 0.6 is 0 Å². The molecule has 2 unspecified atom stereocenters. The van der Waals surface area contributed by atoms with Crippen molar-refractivity contribution in [3.63, 3.8) is 0 Å². The van der Waals surface area contributed by atoms with Crippen LogP contribution in [0, 0.1) is 0 Å². The molecule has 5 rings (SSSR count). The average Bonchev–Trinajstić information content (AvgIpc) is 3.63. The molecule has 0 aromatic heterocycles. The molecule has 2 saturated heterocycles. The zero-order chi connectivity index (χ0) is 21.3. The topological polar surface area (TPSA) is 25.1 Å². The Morgan fingerprint density at radius 2 is 1.27 bits per heavy atom. The van der Waals surface area contributed by atoms with E-state index < -0.39 is 0 Å². The SMILES string of the molecule is CCC(C)(C)c1ccc2c(c1)C(CC1CO1)(CC1CO1)c1cc(C(C)(C)C)ccc1-2. The standard InChI is InChI=1S/C28H36O2/c1-7-27(5,6)19-9-11-23-22-10-8-18(26(2,3)4)12-24(22)28(25(23)13-19,14-20-16-29-20)15-21-17-30-21/h8-13,20-21H,7,14-17H2,1-6H3. The second-order valence-electron chi connectivity index (χ2n) is 11.4. The van der Waals surface area contributed by atoms with E-state index in [-0.39, 0.29) is 16.2 Å². The summed E-state index contributed by atoms with van der Waals surface area (Å²) in [5.74, 6) is 0. The number of hydrogen-bond donors (Lipinski definition) is 0. The van der Waals surface area contributed by atoms with E-state index >= 15 is 0 Å². The highest BCUT2D eigenvalue weighted by Crippen LogP contribution is 2.57. The van der Waals surface area contributed by atoms with E-state index in [1.165, 1.54) is 33.4 Å². The van der Waals surface area contributed by atoms with Gasteiger partial charge in [-0.3, -0.25) is 0 Å². The Hall–Kier alpha value is -1.64. The van der Waals surface area contributed by atoms with Crippen LogP contribution in [0.5, 0.6) is 0 Å². The number of benzene rings is 2. The van der Waals surface area contributed by atoms with Crippen molar-refractivity contribution >= 4 is 0 Å². The third-order valence-electron chi connectivity index (χ3n) is 7.85. The van der Waals surface area contributed by atoms with Gasteiger partial charge in [0.05, 0.1) is 25.4 Å². The fourth-order valence-electron chi connectivity index (χ4n) is 5.26. The Labute approximate surface area is 182 Å². The Balaban J connectivity index is 1.73. The summed E-state index contributed by atoms with van der Waals surface area (Å²) in [4.78, 5) is 0. The van der Waals surface area contributed by atoms with Crippen molar-refractivity contribution in [2.24, 2.45) is 0 Å². The van der Waals surface area contributed by atoms with E-state index in [1.54, 1.807) is 0 Å². The summed E-state index contributed by atoms with van der Waals surface area (Å²) in [5, 5.41) is 0. The van der Waals surface area contributed by atoms with Crippen LogP contribution in [-0.4, -0.2) is 25.4 Å². The third kappa shape index (κ3) is 3.33. The van der Waals surface area contributed by atoms with Crippen LogP contribution in [0.2, 0.25) is 0 Å². The maximum absolute atomic E-state index is 5.80. The van der Waals surface area contributed by atoms with Gasteiger partial charge in [0.2, 0.25) is 0 Å². The Morgan fingerprint density at radius 3 is 1.70 bits per heavy atom. The molecule has 0 spiro atoms. The summed E-state index contributed by atoms with van der Waals surface area (Å²) in [6, 6.07) is 14.5. The fraction of sp³-hybridized carbons (Fsp3) is 0.571. The number of epoxide rings is 2. The van der Waals surface area contributed by atoms with Crippen molar-refractivity contribution < 1.29 is 9.47 Å². The predicted octanol–water partition coefficient (Wildman–Crippen LogP) is 6.52. The predicted molar refractivity (Wildman–Crippen MR) is 123 cm³/mol. The Bertz CT molecular complexity index is 957. The minimum absolute atomic E-state index is 0.00586. The molecular formula is C28H36O2. The molecule has 160 valence electrons. The van der Waals surface area contributed by atoms with E-state index in [9.17, 15) is 0 Å². The minimum Gasteiger partial charge on any atom is -0.373 e. The molecule has 0 saturated carbocycles. The monoisotopic (exact) mass is 404 g/mol. The Kier molecular flexibility index (Phi) is 4.51. The lowest BCUT2D eigenvalue weighted by Gasteiger charge is -2.34. The van der Waals surface area contributed by atoms with Gasteiger partial charge in [-0.15, -0.1) is 0 Å².